The number of hydrogen-bond donors (Lipinski definition) is 1. The summed E-state index contributed by atoms with van der Waals surface area (Å²) < 4.78 is 0. The molecule has 0 atom stereocenters. The third-order valence-electron chi connectivity index (χ3n) is 3.04. The number of rotatable bonds is 4. The molecule has 0 bridgehead atoms. The zero-order chi connectivity index (χ0) is 11.7. The predicted molar refractivity (Wildman–Crippen MR) is 64.0 cm³/mol. The molecule has 1 N–H and O–H groups in total. The van der Waals surface area contributed by atoms with Crippen LogP contribution in [0.5, 0.6) is 0 Å². The highest BCUT2D eigenvalue weighted by Gasteiger charge is 2.31. The molecule has 16 heavy (non-hydrogen) atoms. The molecular formula is C11H16ClN3O. The highest BCUT2D eigenvalue weighted by atomic mass is 35.5. The average Bonchev–Trinajstić information content (AvgIpc) is 3.08. The van der Waals surface area contributed by atoms with Crippen molar-refractivity contribution >= 4 is 17.4 Å². The molecular weight excluding hydrogens is 226 g/mol. The maximum Gasteiger partial charge on any atom is 0.155 e. The molecule has 0 saturated heterocycles. The van der Waals surface area contributed by atoms with Gasteiger partial charge in [0.25, 0.3) is 0 Å². The van der Waals surface area contributed by atoms with Crippen molar-refractivity contribution in [2.45, 2.75) is 32.7 Å². The molecule has 0 amide bonds. The summed E-state index contributed by atoms with van der Waals surface area (Å²) in [4.78, 5) is 2.13. The minimum atomic E-state index is 0.138. The van der Waals surface area contributed by atoms with Crippen LogP contribution in [0.15, 0.2) is 0 Å². The third kappa shape index (κ3) is 2.13. The summed E-state index contributed by atoms with van der Waals surface area (Å²) in [6.07, 6.45) is 2.34. The van der Waals surface area contributed by atoms with Crippen LogP contribution in [0.4, 0.5) is 5.82 Å². The Bertz CT molecular complexity index is 393. The van der Waals surface area contributed by atoms with Crippen molar-refractivity contribution in [3.05, 3.63) is 16.3 Å². The van der Waals surface area contributed by atoms with E-state index in [9.17, 15) is 0 Å². The molecule has 1 saturated carbocycles. The van der Waals surface area contributed by atoms with E-state index in [2.05, 4.69) is 15.1 Å². The fourth-order valence-corrected chi connectivity index (χ4v) is 1.97. The van der Waals surface area contributed by atoms with Crippen molar-refractivity contribution in [2.24, 2.45) is 0 Å². The van der Waals surface area contributed by atoms with E-state index in [4.69, 9.17) is 16.7 Å². The smallest absolute Gasteiger partial charge is 0.155 e. The van der Waals surface area contributed by atoms with Crippen molar-refractivity contribution in [1.82, 2.24) is 10.2 Å². The normalized spacial score (nSPS) is 15.2. The molecule has 1 aliphatic carbocycles. The molecule has 4 nitrogen and oxygen atoms in total. The fourth-order valence-electron chi connectivity index (χ4n) is 1.79. The first-order valence-corrected chi connectivity index (χ1v) is 5.89. The van der Waals surface area contributed by atoms with Crippen LogP contribution in [0.1, 0.15) is 24.0 Å². The minimum Gasteiger partial charge on any atom is -0.395 e. The zero-order valence-corrected chi connectivity index (χ0v) is 10.3. The van der Waals surface area contributed by atoms with E-state index in [0.717, 1.165) is 16.9 Å². The largest absolute Gasteiger partial charge is 0.395 e. The van der Waals surface area contributed by atoms with Crippen LogP contribution < -0.4 is 4.90 Å². The van der Waals surface area contributed by atoms with E-state index in [0.29, 0.717) is 17.7 Å². The topological polar surface area (TPSA) is 49.2 Å². The zero-order valence-electron chi connectivity index (χ0n) is 9.57. The van der Waals surface area contributed by atoms with E-state index in [1.807, 2.05) is 13.8 Å². The standard InChI is InChI=1S/C11H16ClN3O/c1-7-8(2)11(14-13-10(7)12)15(5-6-16)9-3-4-9/h9,16H,3-6H2,1-2H3. The Labute approximate surface area is 100 Å². The third-order valence-corrected chi connectivity index (χ3v) is 3.40. The maximum atomic E-state index is 9.07. The van der Waals surface area contributed by atoms with Gasteiger partial charge in [-0.05, 0) is 37.8 Å². The van der Waals surface area contributed by atoms with Crippen molar-refractivity contribution in [3.8, 4) is 0 Å². The molecule has 1 aromatic rings. The van der Waals surface area contributed by atoms with Crippen molar-refractivity contribution in [3.63, 3.8) is 0 Å². The number of aliphatic hydroxyl groups is 1. The molecule has 0 radical (unpaired) electrons. The lowest BCUT2D eigenvalue weighted by molar-refractivity contribution is 0.301. The van der Waals surface area contributed by atoms with Gasteiger partial charge in [-0.15, -0.1) is 10.2 Å². The maximum absolute atomic E-state index is 9.07. The molecule has 1 aromatic heterocycles. The Hall–Kier alpha value is -0.870. The molecule has 1 fully saturated rings. The first kappa shape index (κ1) is 11.6. The second kappa shape index (κ2) is 4.55. The lowest BCUT2D eigenvalue weighted by atomic mass is 10.2. The van der Waals surface area contributed by atoms with Crippen LogP contribution in [0.3, 0.4) is 0 Å². The molecule has 2 rings (SSSR count). The second-order valence-electron chi connectivity index (χ2n) is 4.21. The van der Waals surface area contributed by atoms with Crippen molar-refractivity contribution in [1.29, 1.82) is 0 Å². The molecule has 5 heteroatoms. The molecule has 0 spiro atoms. The van der Waals surface area contributed by atoms with E-state index in [1.54, 1.807) is 0 Å². The summed E-state index contributed by atoms with van der Waals surface area (Å²) in [5.74, 6) is 0.860. The molecule has 1 aliphatic rings. The molecule has 0 aliphatic heterocycles. The SMILES string of the molecule is Cc1c(Cl)nnc(N(CCO)C2CC2)c1C. The first-order chi connectivity index (χ1) is 7.65. The Morgan fingerprint density at radius 3 is 2.56 bits per heavy atom. The highest BCUT2D eigenvalue weighted by molar-refractivity contribution is 6.30. The fraction of sp³-hybridized carbons (Fsp3) is 0.636. The summed E-state index contributed by atoms with van der Waals surface area (Å²) in [6, 6.07) is 0.515. The Morgan fingerprint density at radius 1 is 1.31 bits per heavy atom. The van der Waals surface area contributed by atoms with Gasteiger partial charge in [0.1, 0.15) is 0 Å². The van der Waals surface area contributed by atoms with Gasteiger partial charge in [0.05, 0.1) is 6.61 Å². The first-order valence-electron chi connectivity index (χ1n) is 5.52. The number of aliphatic hydroxyl groups excluding tert-OH is 1. The van der Waals surface area contributed by atoms with Crippen molar-refractivity contribution < 1.29 is 5.11 Å². The van der Waals surface area contributed by atoms with Crippen LogP contribution in [-0.4, -0.2) is 34.5 Å². The number of hydrogen-bond acceptors (Lipinski definition) is 4. The molecule has 1 heterocycles. The quantitative estimate of drug-likeness (QED) is 0.872. The Balaban J connectivity index is 2.33. The van der Waals surface area contributed by atoms with Gasteiger partial charge < -0.3 is 10.0 Å². The monoisotopic (exact) mass is 241 g/mol. The van der Waals surface area contributed by atoms with Crippen LogP contribution in [0, 0.1) is 13.8 Å². The Kier molecular flexibility index (Phi) is 3.30. The molecule has 0 aromatic carbocycles. The van der Waals surface area contributed by atoms with E-state index in [1.165, 1.54) is 12.8 Å². The number of anilines is 1. The molecule has 0 unspecified atom stereocenters. The Morgan fingerprint density at radius 2 is 2.00 bits per heavy atom. The minimum absolute atomic E-state index is 0.138. The van der Waals surface area contributed by atoms with E-state index < -0.39 is 0 Å². The second-order valence-corrected chi connectivity index (χ2v) is 4.57. The van der Waals surface area contributed by atoms with Gasteiger partial charge in [-0.1, -0.05) is 11.6 Å². The van der Waals surface area contributed by atoms with Gasteiger partial charge in [-0.2, -0.15) is 0 Å². The summed E-state index contributed by atoms with van der Waals surface area (Å²) in [5, 5.41) is 17.6. The average molecular weight is 242 g/mol. The van der Waals surface area contributed by atoms with Crippen LogP contribution in [0.25, 0.3) is 0 Å². The lowest BCUT2D eigenvalue weighted by Gasteiger charge is -2.24. The van der Waals surface area contributed by atoms with Gasteiger partial charge >= 0.3 is 0 Å². The van der Waals surface area contributed by atoms with Crippen molar-refractivity contribution in [2.75, 3.05) is 18.1 Å². The lowest BCUT2D eigenvalue weighted by Crippen LogP contribution is -2.31. The predicted octanol–water partition coefficient (Wildman–Crippen LogP) is 1.71. The number of nitrogens with zero attached hydrogens (tertiary/aromatic N) is 3. The molecule has 88 valence electrons. The van der Waals surface area contributed by atoms with Gasteiger partial charge in [-0.25, -0.2) is 0 Å². The van der Waals surface area contributed by atoms with Gasteiger partial charge in [0, 0.05) is 12.6 Å². The van der Waals surface area contributed by atoms with Gasteiger partial charge in [0.15, 0.2) is 11.0 Å². The highest BCUT2D eigenvalue weighted by Crippen LogP contribution is 2.33. The summed E-state index contributed by atoms with van der Waals surface area (Å²) in [7, 11) is 0. The van der Waals surface area contributed by atoms with E-state index in [-0.39, 0.29) is 6.61 Å². The summed E-state index contributed by atoms with van der Waals surface area (Å²) in [6.45, 7) is 4.69. The number of halogens is 1. The van der Waals surface area contributed by atoms with Gasteiger partial charge in [-0.3, -0.25) is 0 Å². The van der Waals surface area contributed by atoms with Crippen LogP contribution in [0.2, 0.25) is 5.15 Å². The van der Waals surface area contributed by atoms with E-state index >= 15 is 0 Å². The van der Waals surface area contributed by atoms with Crippen LogP contribution in [-0.2, 0) is 0 Å². The number of aromatic nitrogens is 2. The summed E-state index contributed by atoms with van der Waals surface area (Å²) >= 11 is 5.92. The van der Waals surface area contributed by atoms with Crippen LogP contribution >= 0.6 is 11.6 Å². The van der Waals surface area contributed by atoms with Gasteiger partial charge in [0.2, 0.25) is 0 Å². The summed E-state index contributed by atoms with van der Waals surface area (Å²) in [5.41, 5.74) is 2.02.